The van der Waals surface area contributed by atoms with Crippen LogP contribution in [-0.4, -0.2) is 24.3 Å². The van der Waals surface area contributed by atoms with E-state index in [9.17, 15) is 22.4 Å². The summed E-state index contributed by atoms with van der Waals surface area (Å²) in [5.74, 6) is -5.05. The molecular weight excluding hydrogens is 432 g/mol. The van der Waals surface area contributed by atoms with Gasteiger partial charge in [-0.1, -0.05) is 0 Å². The van der Waals surface area contributed by atoms with Crippen molar-refractivity contribution in [3.05, 3.63) is 87.6 Å². The van der Waals surface area contributed by atoms with Crippen LogP contribution in [-0.2, 0) is 9.53 Å². The minimum absolute atomic E-state index is 0.0438. The van der Waals surface area contributed by atoms with Gasteiger partial charge in [0.15, 0.2) is 11.4 Å². The number of esters is 1. The van der Waals surface area contributed by atoms with Crippen LogP contribution in [0.5, 0.6) is 0 Å². The molecule has 0 aliphatic carbocycles. The lowest BCUT2D eigenvalue weighted by molar-refractivity contribution is -0.146. The molecule has 0 N–H and O–H groups in total. The second-order valence-electron chi connectivity index (χ2n) is 7.15. The summed E-state index contributed by atoms with van der Waals surface area (Å²) in [7, 11) is 1.17. The number of carbonyl (C=O) groups excluding carboxylic acids is 1. The van der Waals surface area contributed by atoms with Crippen LogP contribution >= 0.6 is 11.3 Å². The Morgan fingerprint density at radius 2 is 1.74 bits per heavy atom. The van der Waals surface area contributed by atoms with Gasteiger partial charge in [0.1, 0.15) is 17.5 Å². The molecule has 0 spiro atoms. The number of methoxy groups -OCH3 is 1. The predicted molar refractivity (Wildman–Crippen MR) is 109 cm³/mol. The summed E-state index contributed by atoms with van der Waals surface area (Å²) >= 11 is 1.35. The normalized spacial score (nSPS) is 20.6. The topological polar surface area (TPSA) is 41.9 Å². The first-order valence-electron chi connectivity index (χ1n) is 9.17. The number of thiophene rings is 1. The number of halogens is 4. The molecule has 9 heteroatoms. The van der Waals surface area contributed by atoms with Crippen molar-refractivity contribution in [1.82, 2.24) is 0 Å². The highest BCUT2D eigenvalue weighted by atomic mass is 32.1. The summed E-state index contributed by atoms with van der Waals surface area (Å²) in [4.78, 5) is 13.0. The molecule has 3 aromatic rings. The highest BCUT2D eigenvalue weighted by Gasteiger charge is 2.56. The molecule has 2 atom stereocenters. The van der Waals surface area contributed by atoms with E-state index in [0.717, 1.165) is 23.2 Å². The second kappa shape index (κ2) is 7.81. The maximum absolute atomic E-state index is 14.7. The van der Waals surface area contributed by atoms with Crippen molar-refractivity contribution in [1.29, 1.82) is 0 Å². The zero-order valence-corrected chi connectivity index (χ0v) is 17.2. The molecule has 2 heterocycles. The lowest BCUT2D eigenvalue weighted by atomic mass is 9.77. The lowest BCUT2D eigenvalue weighted by Crippen LogP contribution is -2.53. The Bertz CT molecular complexity index is 1180. The summed E-state index contributed by atoms with van der Waals surface area (Å²) in [6.07, 6.45) is 0. The molecule has 0 saturated heterocycles. The molecule has 160 valence electrons. The third-order valence-corrected chi connectivity index (χ3v) is 6.00. The fraction of sp³-hybridized carbons (Fsp3) is 0.182. The SMILES string of the molecule is COC(=O)C1(C)C(c2ccsc2)C(c2ccc(F)cc2F)=NN1c1ccc(F)cc1F. The third-order valence-electron chi connectivity index (χ3n) is 5.30. The smallest absolute Gasteiger partial charge is 0.334 e. The average molecular weight is 448 g/mol. The first kappa shape index (κ1) is 21.0. The van der Waals surface area contributed by atoms with E-state index < -0.39 is 40.7 Å². The van der Waals surface area contributed by atoms with Crippen LogP contribution in [0.1, 0.15) is 24.0 Å². The summed E-state index contributed by atoms with van der Waals surface area (Å²) in [6, 6.07) is 7.56. The Hall–Kier alpha value is -3.20. The molecule has 2 aromatic carbocycles. The Morgan fingerprint density at radius 3 is 2.32 bits per heavy atom. The monoisotopic (exact) mass is 448 g/mol. The summed E-state index contributed by atoms with van der Waals surface area (Å²) in [5, 5.41) is 9.00. The Balaban J connectivity index is 2.00. The van der Waals surface area contributed by atoms with Crippen LogP contribution in [0.4, 0.5) is 23.2 Å². The number of nitrogens with zero attached hydrogens (tertiary/aromatic N) is 2. The van der Waals surface area contributed by atoms with Crippen LogP contribution in [0, 0.1) is 23.3 Å². The van der Waals surface area contributed by atoms with Gasteiger partial charge in [-0.15, -0.1) is 0 Å². The van der Waals surface area contributed by atoms with E-state index in [-0.39, 0.29) is 17.0 Å². The van der Waals surface area contributed by atoms with E-state index >= 15 is 0 Å². The zero-order valence-electron chi connectivity index (χ0n) is 16.4. The molecule has 0 bridgehead atoms. The van der Waals surface area contributed by atoms with Crippen LogP contribution in [0.15, 0.2) is 58.3 Å². The van der Waals surface area contributed by atoms with Crippen molar-refractivity contribution in [2.24, 2.45) is 5.10 Å². The van der Waals surface area contributed by atoms with Gasteiger partial charge in [0.05, 0.1) is 24.4 Å². The van der Waals surface area contributed by atoms with Gasteiger partial charge in [-0.2, -0.15) is 16.4 Å². The molecule has 2 unspecified atom stereocenters. The molecule has 0 radical (unpaired) electrons. The van der Waals surface area contributed by atoms with E-state index in [2.05, 4.69) is 5.10 Å². The average Bonchev–Trinajstić information content (AvgIpc) is 3.34. The number of rotatable bonds is 4. The standard InChI is InChI=1S/C22H16F4N2O2S/c1-22(21(29)30-2)19(12-7-8-31-11-12)20(15-5-3-13(23)9-16(15)25)27-28(22)18-6-4-14(24)10-17(18)26/h3-11,19H,1-2H3. The van der Waals surface area contributed by atoms with E-state index in [1.165, 1.54) is 31.4 Å². The molecule has 4 rings (SSSR count). The molecular formula is C22H16F4N2O2S. The van der Waals surface area contributed by atoms with E-state index in [4.69, 9.17) is 4.74 Å². The van der Waals surface area contributed by atoms with E-state index in [0.29, 0.717) is 17.7 Å². The van der Waals surface area contributed by atoms with Gasteiger partial charge in [-0.05, 0) is 53.6 Å². The van der Waals surface area contributed by atoms with Gasteiger partial charge in [0.25, 0.3) is 0 Å². The first-order valence-corrected chi connectivity index (χ1v) is 10.1. The Labute approximate surface area is 179 Å². The van der Waals surface area contributed by atoms with Gasteiger partial charge >= 0.3 is 5.97 Å². The number of hydrogen-bond acceptors (Lipinski definition) is 5. The summed E-state index contributed by atoms with van der Waals surface area (Å²) < 4.78 is 61.5. The van der Waals surface area contributed by atoms with Gasteiger partial charge in [-0.25, -0.2) is 27.4 Å². The van der Waals surface area contributed by atoms with E-state index in [1.54, 1.807) is 16.8 Å². The zero-order chi connectivity index (χ0) is 22.3. The molecule has 1 aliphatic heterocycles. The maximum atomic E-state index is 14.7. The van der Waals surface area contributed by atoms with Crippen LogP contribution in [0.3, 0.4) is 0 Å². The van der Waals surface area contributed by atoms with Crippen molar-refractivity contribution in [3.8, 4) is 0 Å². The van der Waals surface area contributed by atoms with Gasteiger partial charge in [0, 0.05) is 17.7 Å². The van der Waals surface area contributed by atoms with Crippen LogP contribution < -0.4 is 5.01 Å². The van der Waals surface area contributed by atoms with Gasteiger partial charge in [-0.3, -0.25) is 0 Å². The summed E-state index contributed by atoms with van der Waals surface area (Å²) in [6.45, 7) is 1.49. The van der Waals surface area contributed by atoms with E-state index in [1.807, 2.05) is 0 Å². The number of hydrogen-bond donors (Lipinski definition) is 0. The van der Waals surface area contributed by atoms with Gasteiger partial charge in [0.2, 0.25) is 0 Å². The number of ether oxygens (including phenoxy) is 1. The highest BCUT2D eigenvalue weighted by Crippen LogP contribution is 2.46. The molecule has 4 nitrogen and oxygen atoms in total. The predicted octanol–water partition coefficient (Wildman–Crippen LogP) is 5.24. The fourth-order valence-corrected chi connectivity index (χ4v) is 4.54. The maximum Gasteiger partial charge on any atom is 0.334 e. The molecule has 31 heavy (non-hydrogen) atoms. The number of benzene rings is 2. The lowest BCUT2D eigenvalue weighted by Gasteiger charge is -2.36. The van der Waals surface area contributed by atoms with Crippen molar-refractivity contribution in [2.75, 3.05) is 12.1 Å². The quantitative estimate of drug-likeness (QED) is 0.405. The highest BCUT2D eigenvalue weighted by molar-refractivity contribution is 7.08. The third kappa shape index (κ3) is 3.38. The fourth-order valence-electron chi connectivity index (χ4n) is 3.85. The number of anilines is 1. The van der Waals surface area contributed by atoms with Crippen molar-refractivity contribution in [3.63, 3.8) is 0 Å². The van der Waals surface area contributed by atoms with Crippen molar-refractivity contribution >= 4 is 28.7 Å². The molecule has 0 fully saturated rings. The van der Waals surface area contributed by atoms with Crippen molar-refractivity contribution in [2.45, 2.75) is 18.4 Å². The minimum atomic E-state index is -1.63. The van der Waals surface area contributed by atoms with Crippen LogP contribution in [0.25, 0.3) is 0 Å². The molecule has 0 amide bonds. The minimum Gasteiger partial charge on any atom is -0.467 e. The van der Waals surface area contributed by atoms with Crippen LogP contribution in [0.2, 0.25) is 0 Å². The molecule has 0 saturated carbocycles. The summed E-state index contributed by atoms with van der Waals surface area (Å²) in [5.41, 5.74) is -1.16. The van der Waals surface area contributed by atoms with Crippen molar-refractivity contribution < 1.29 is 27.1 Å². The largest absolute Gasteiger partial charge is 0.467 e. The molecule has 1 aromatic heterocycles. The first-order chi connectivity index (χ1) is 14.8. The second-order valence-corrected chi connectivity index (χ2v) is 7.93. The Kier molecular flexibility index (Phi) is 5.30. The van der Waals surface area contributed by atoms with Gasteiger partial charge < -0.3 is 4.74 Å². The molecule has 1 aliphatic rings. The number of carbonyl (C=O) groups is 1. The number of hydrazone groups is 1. The Morgan fingerprint density at radius 1 is 1.06 bits per heavy atom.